The van der Waals surface area contributed by atoms with Crippen molar-refractivity contribution in [1.29, 1.82) is 0 Å². The molecule has 1 aromatic carbocycles. The van der Waals surface area contributed by atoms with Crippen LogP contribution in [0.15, 0.2) is 36.5 Å². The van der Waals surface area contributed by atoms with E-state index in [1.807, 2.05) is 30.3 Å². The van der Waals surface area contributed by atoms with E-state index >= 15 is 0 Å². The van der Waals surface area contributed by atoms with Gasteiger partial charge in [0, 0.05) is 12.0 Å². The number of nitrogens with two attached hydrogens (primary N) is 1. The standard InChI is InChI=1S/C19H27N5O/c1-2-3-4-5-6-7-11-14-18(25)24(20)19-22-17(15-21-23-19)16-12-9-8-10-13-16/h8-10,12-13,15H,2-7,11,14,20H2,1H3. The molecule has 0 saturated heterocycles. The number of carbonyl (C=O) groups is 1. The largest absolute Gasteiger partial charge is 0.273 e. The van der Waals surface area contributed by atoms with Crippen molar-refractivity contribution >= 4 is 11.9 Å². The third kappa shape index (κ3) is 6.23. The fraction of sp³-hybridized carbons (Fsp3) is 0.474. The van der Waals surface area contributed by atoms with Crippen molar-refractivity contribution in [2.24, 2.45) is 5.84 Å². The second-order valence-electron chi connectivity index (χ2n) is 6.14. The van der Waals surface area contributed by atoms with Crippen molar-refractivity contribution in [2.45, 2.75) is 58.3 Å². The van der Waals surface area contributed by atoms with Gasteiger partial charge in [-0.05, 0) is 6.42 Å². The first-order valence-electron chi connectivity index (χ1n) is 9.05. The lowest BCUT2D eigenvalue weighted by Gasteiger charge is -2.14. The zero-order valence-corrected chi connectivity index (χ0v) is 14.9. The van der Waals surface area contributed by atoms with Gasteiger partial charge in [0.15, 0.2) is 0 Å². The van der Waals surface area contributed by atoms with Crippen LogP contribution in [0.3, 0.4) is 0 Å². The smallest absolute Gasteiger partial charge is 0.267 e. The average Bonchev–Trinajstić information content (AvgIpc) is 2.67. The molecule has 0 spiro atoms. The number of hydrogen-bond acceptors (Lipinski definition) is 5. The van der Waals surface area contributed by atoms with Crippen LogP contribution in [-0.2, 0) is 4.79 Å². The van der Waals surface area contributed by atoms with Crippen LogP contribution in [0.25, 0.3) is 11.3 Å². The monoisotopic (exact) mass is 341 g/mol. The minimum Gasteiger partial charge on any atom is -0.273 e. The molecule has 2 rings (SSSR count). The number of nitrogens with zero attached hydrogens (tertiary/aromatic N) is 4. The quantitative estimate of drug-likeness (QED) is 0.307. The number of aromatic nitrogens is 3. The van der Waals surface area contributed by atoms with E-state index in [1.54, 1.807) is 6.20 Å². The summed E-state index contributed by atoms with van der Waals surface area (Å²) < 4.78 is 0. The molecule has 25 heavy (non-hydrogen) atoms. The predicted octanol–water partition coefficient (Wildman–Crippen LogP) is 3.89. The highest BCUT2D eigenvalue weighted by Gasteiger charge is 2.15. The third-order valence-corrected chi connectivity index (χ3v) is 4.10. The molecule has 0 radical (unpaired) electrons. The molecule has 6 heteroatoms. The van der Waals surface area contributed by atoms with E-state index in [1.165, 1.54) is 32.1 Å². The van der Waals surface area contributed by atoms with E-state index in [4.69, 9.17) is 5.84 Å². The first-order chi connectivity index (χ1) is 12.2. The van der Waals surface area contributed by atoms with Gasteiger partial charge in [-0.15, -0.1) is 5.10 Å². The van der Waals surface area contributed by atoms with Gasteiger partial charge in [0.1, 0.15) is 0 Å². The van der Waals surface area contributed by atoms with Gasteiger partial charge in [0.05, 0.1) is 11.9 Å². The topological polar surface area (TPSA) is 85.0 Å². The first-order valence-corrected chi connectivity index (χ1v) is 9.05. The van der Waals surface area contributed by atoms with Crippen molar-refractivity contribution in [3.8, 4) is 11.3 Å². The Morgan fingerprint density at radius 1 is 1.04 bits per heavy atom. The molecule has 134 valence electrons. The number of unbranched alkanes of at least 4 members (excludes halogenated alkanes) is 6. The molecular weight excluding hydrogens is 314 g/mol. The summed E-state index contributed by atoms with van der Waals surface area (Å²) in [5.41, 5.74) is 1.55. The summed E-state index contributed by atoms with van der Waals surface area (Å²) in [6.07, 6.45) is 10.1. The highest BCUT2D eigenvalue weighted by atomic mass is 16.2. The van der Waals surface area contributed by atoms with Crippen molar-refractivity contribution in [1.82, 2.24) is 15.2 Å². The van der Waals surface area contributed by atoms with E-state index < -0.39 is 0 Å². The Morgan fingerprint density at radius 3 is 2.44 bits per heavy atom. The van der Waals surface area contributed by atoms with Gasteiger partial charge in [-0.2, -0.15) is 5.10 Å². The van der Waals surface area contributed by atoms with Crippen molar-refractivity contribution in [2.75, 3.05) is 5.01 Å². The molecule has 2 aromatic rings. The first kappa shape index (κ1) is 19.0. The lowest BCUT2D eigenvalue weighted by molar-refractivity contribution is -0.118. The maximum atomic E-state index is 12.2. The van der Waals surface area contributed by atoms with Crippen molar-refractivity contribution in [3.05, 3.63) is 36.5 Å². The normalized spacial score (nSPS) is 10.6. The second-order valence-corrected chi connectivity index (χ2v) is 6.14. The van der Waals surface area contributed by atoms with Crippen LogP contribution in [0.1, 0.15) is 58.3 Å². The third-order valence-electron chi connectivity index (χ3n) is 4.10. The Bertz CT molecular complexity index is 647. The van der Waals surface area contributed by atoms with E-state index in [-0.39, 0.29) is 11.9 Å². The summed E-state index contributed by atoms with van der Waals surface area (Å²) in [4.78, 5) is 16.6. The predicted molar refractivity (Wildman–Crippen MR) is 99.5 cm³/mol. The summed E-state index contributed by atoms with van der Waals surface area (Å²) in [5.74, 6) is 5.84. The van der Waals surface area contributed by atoms with Crippen LogP contribution in [0.4, 0.5) is 5.95 Å². The summed E-state index contributed by atoms with van der Waals surface area (Å²) in [6, 6.07) is 9.62. The van der Waals surface area contributed by atoms with E-state index in [0.29, 0.717) is 12.1 Å². The second kappa shape index (κ2) is 10.5. The average molecular weight is 341 g/mol. The molecular formula is C19H27N5O. The maximum Gasteiger partial charge on any atom is 0.267 e. The molecule has 0 aliphatic carbocycles. The number of hydrazine groups is 1. The Hall–Kier alpha value is -2.34. The molecule has 0 aliphatic heterocycles. The van der Waals surface area contributed by atoms with Gasteiger partial charge < -0.3 is 0 Å². The highest BCUT2D eigenvalue weighted by Crippen LogP contribution is 2.17. The number of benzene rings is 1. The molecule has 0 saturated carbocycles. The number of carbonyl (C=O) groups excluding carboxylic acids is 1. The van der Waals surface area contributed by atoms with Gasteiger partial charge >= 0.3 is 0 Å². The number of rotatable bonds is 10. The van der Waals surface area contributed by atoms with E-state index in [2.05, 4.69) is 22.1 Å². The van der Waals surface area contributed by atoms with Crippen LogP contribution in [0, 0.1) is 0 Å². The zero-order chi connectivity index (χ0) is 17.9. The molecule has 0 fully saturated rings. The molecule has 0 atom stereocenters. The molecule has 2 N–H and O–H groups in total. The number of anilines is 1. The van der Waals surface area contributed by atoms with E-state index in [0.717, 1.165) is 23.4 Å². The van der Waals surface area contributed by atoms with Crippen LogP contribution in [0.5, 0.6) is 0 Å². The minimum atomic E-state index is -0.180. The minimum absolute atomic E-state index is 0.134. The fourth-order valence-electron chi connectivity index (χ4n) is 2.61. The molecule has 1 heterocycles. The van der Waals surface area contributed by atoms with Crippen LogP contribution < -0.4 is 10.9 Å². The Kier molecular flexibility index (Phi) is 7.98. The van der Waals surface area contributed by atoms with Crippen LogP contribution >= 0.6 is 0 Å². The Morgan fingerprint density at radius 2 is 1.72 bits per heavy atom. The molecule has 1 amide bonds. The molecule has 0 aliphatic rings. The SMILES string of the molecule is CCCCCCCCCC(=O)N(N)c1nncc(-c2ccccc2)n1. The summed E-state index contributed by atoms with van der Waals surface area (Å²) in [5, 5.41) is 8.81. The van der Waals surface area contributed by atoms with Gasteiger partial charge in [0.25, 0.3) is 5.95 Å². The van der Waals surface area contributed by atoms with Gasteiger partial charge in [0.2, 0.25) is 5.91 Å². The van der Waals surface area contributed by atoms with Crippen LogP contribution in [-0.4, -0.2) is 21.1 Å². The molecule has 0 unspecified atom stereocenters. The number of amides is 1. The summed E-state index contributed by atoms with van der Waals surface area (Å²) in [6.45, 7) is 2.21. The maximum absolute atomic E-state index is 12.2. The summed E-state index contributed by atoms with van der Waals surface area (Å²) in [7, 11) is 0. The fourth-order valence-corrected chi connectivity index (χ4v) is 2.61. The van der Waals surface area contributed by atoms with Crippen molar-refractivity contribution in [3.63, 3.8) is 0 Å². The Balaban J connectivity index is 1.83. The van der Waals surface area contributed by atoms with Gasteiger partial charge in [-0.1, -0.05) is 75.8 Å². The summed E-state index contributed by atoms with van der Waals surface area (Å²) >= 11 is 0. The Labute approximate surface area is 149 Å². The molecule has 1 aromatic heterocycles. The zero-order valence-electron chi connectivity index (χ0n) is 14.9. The molecule has 6 nitrogen and oxygen atoms in total. The lowest BCUT2D eigenvalue weighted by atomic mass is 10.1. The van der Waals surface area contributed by atoms with Crippen molar-refractivity contribution < 1.29 is 4.79 Å². The number of hydrogen-bond donors (Lipinski definition) is 1. The van der Waals surface area contributed by atoms with E-state index in [9.17, 15) is 4.79 Å². The lowest BCUT2D eigenvalue weighted by Crippen LogP contribution is -2.38. The van der Waals surface area contributed by atoms with Gasteiger partial charge in [-0.3, -0.25) is 4.79 Å². The molecule has 0 bridgehead atoms. The van der Waals surface area contributed by atoms with Crippen LogP contribution in [0.2, 0.25) is 0 Å². The van der Waals surface area contributed by atoms with Gasteiger partial charge in [-0.25, -0.2) is 15.8 Å². The highest BCUT2D eigenvalue weighted by molar-refractivity contribution is 5.90.